The molecule has 0 unspecified atom stereocenters. The topological polar surface area (TPSA) is 52.3 Å². The van der Waals surface area contributed by atoms with Crippen molar-refractivity contribution in [3.05, 3.63) is 0 Å². The van der Waals surface area contributed by atoms with Gasteiger partial charge in [0.05, 0.1) is 6.61 Å². The van der Waals surface area contributed by atoms with Crippen LogP contribution in [-0.4, -0.2) is 12.7 Å². The number of carbonyl (C=O) groups excluding carboxylic acids is 1. The minimum absolute atomic E-state index is 0. The fourth-order valence-corrected chi connectivity index (χ4v) is 0.142. The van der Waals surface area contributed by atoms with Crippen LogP contribution in [0.4, 0.5) is 4.79 Å². The van der Waals surface area contributed by atoms with Crippen LogP contribution in [-0.2, 0) is 27.1 Å². The summed E-state index contributed by atoms with van der Waals surface area (Å²) in [4.78, 5) is 9.60. The third kappa shape index (κ3) is 10.7. The smallest absolute Gasteiger partial charge is 0.404 e. The van der Waals surface area contributed by atoms with Gasteiger partial charge in [0.1, 0.15) is 0 Å². The number of ether oxygens (including phenoxy) is 1. The van der Waals surface area contributed by atoms with Crippen molar-refractivity contribution in [3.63, 3.8) is 0 Å². The van der Waals surface area contributed by atoms with E-state index in [9.17, 15) is 4.79 Å². The molecule has 0 aromatic heterocycles. The first-order valence-electron chi connectivity index (χ1n) is 1.69. The van der Waals surface area contributed by atoms with Gasteiger partial charge in [-0.3, -0.25) is 0 Å². The van der Waals surface area contributed by atoms with Gasteiger partial charge in [0.2, 0.25) is 0 Å². The van der Waals surface area contributed by atoms with Gasteiger partial charge in [-0.25, -0.2) is 4.79 Å². The van der Waals surface area contributed by atoms with Crippen LogP contribution in [0.15, 0.2) is 0 Å². The Balaban J connectivity index is 0. The number of rotatable bonds is 1. The van der Waals surface area contributed by atoms with Crippen molar-refractivity contribution in [1.82, 2.24) is 0 Å². The van der Waals surface area contributed by atoms with E-state index in [1.165, 1.54) is 0 Å². The molecule has 47 valence electrons. The van der Waals surface area contributed by atoms with E-state index in [0.717, 1.165) is 0 Å². The molecular formula is C3H7AgNO2. The van der Waals surface area contributed by atoms with Gasteiger partial charge < -0.3 is 10.5 Å². The molecule has 0 fully saturated rings. The van der Waals surface area contributed by atoms with Crippen molar-refractivity contribution in [2.45, 2.75) is 6.92 Å². The third-order valence-electron chi connectivity index (χ3n) is 0.287. The monoisotopic (exact) mass is 196 g/mol. The SMILES string of the molecule is CCOC(N)=O.[Ag]. The molecule has 0 atom stereocenters. The van der Waals surface area contributed by atoms with Gasteiger partial charge in [0, 0.05) is 22.4 Å². The molecule has 0 aliphatic heterocycles. The summed E-state index contributed by atoms with van der Waals surface area (Å²) in [5.41, 5.74) is 4.54. The summed E-state index contributed by atoms with van der Waals surface area (Å²) in [5, 5.41) is 0. The van der Waals surface area contributed by atoms with Gasteiger partial charge in [-0.15, -0.1) is 0 Å². The van der Waals surface area contributed by atoms with Gasteiger partial charge in [0.15, 0.2) is 0 Å². The number of nitrogens with two attached hydrogens (primary N) is 1. The molecule has 0 heterocycles. The van der Waals surface area contributed by atoms with Crippen molar-refractivity contribution >= 4 is 6.09 Å². The van der Waals surface area contributed by atoms with Crippen LogP contribution in [0.5, 0.6) is 0 Å². The average molecular weight is 197 g/mol. The van der Waals surface area contributed by atoms with Crippen LogP contribution in [0, 0.1) is 0 Å². The van der Waals surface area contributed by atoms with E-state index in [-0.39, 0.29) is 22.4 Å². The Hall–Kier alpha value is 0.0103. The molecule has 2 N–H and O–H groups in total. The molecule has 0 aromatic carbocycles. The van der Waals surface area contributed by atoms with E-state index < -0.39 is 6.09 Å². The fraction of sp³-hybridized carbons (Fsp3) is 0.667. The quantitative estimate of drug-likeness (QED) is 0.606. The van der Waals surface area contributed by atoms with E-state index in [0.29, 0.717) is 6.61 Å². The van der Waals surface area contributed by atoms with E-state index in [4.69, 9.17) is 0 Å². The van der Waals surface area contributed by atoms with E-state index in [1.54, 1.807) is 6.92 Å². The molecule has 0 aliphatic rings. The van der Waals surface area contributed by atoms with Crippen LogP contribution >= 0.6 is 0 Å². The van der Waals surface area contributed by atoms with Gasteiger partial charge in [-0.1, -0.05) is 0 Å². The first-order valence-corrected chi connectivity index (χ1v) is 1.69. The molecule has 1 radical (unpaired) electrons. The van der Waals surface area contributed by atoms with Crippen LogP contribution in [0.2, 0.25) is 0 Å². The van der Waals surface area contributed by atoms with Crippen molar-refractivity contribution in [3.8, 4) is 0 Å². The van der Waals surface area contributed by atoms with Crippen molar-refractivity contribution in [1.29, 1.82) is 0 Å². The van der Waals surface area contributed by atoms with Crippen LogP contribution in [0.1, 0.15) is 6.92 Å². The standard InChI is InChI=1S/C3H7NO2.Ag/c1-2-6-3(4)5;/h2H2,1H3,(H2,4,5);. The second kappa shape index (κ2) is 6.01. The molecular weight excluding hydrogens is 190 g/mol. The summed E-state index contributed by atoms with van der Waals surface area (Å²) in [6, 6.07) is 0. The molecule has 0 aromatic rings. The maximum Gasteiger partial charge on any atom is 0.404 e. The molecule has 4 heteroatoms. The third-order valence-corrected chi connectivity index (χ3v) is 0.287. The molecule has 0 bridgehead atoms. The summed E-state index contributed by atoms with van der Waals surface area (Å²) in [5.74, 6) is 0. The minimum atomic E-state index is -0.711. The predicted molar refractivity (Wildman–Crippen MR) is 21.2 cm³/mol. The first-order chi connectivity index (χ1) is 2.77. The van der Waals surface area contributed by atoms with Crippen LogP contribution in [0.3, 0.4) is 0 Å². The molecule has 0 spiro atoms. The average Bonchev–Trinajstić information content (AvgIpc) is 1.35. The van der Waals surface area contributed by atoms with E-state index in [1.807, 2.05) is 0 Å². The fourth-order valence-electron chi connectivity index (χ4n) is 0.142. The van der Waals surface area contributed by atoms with Crippen molar-refractivity contribution in [2.24, 2.45) is 5.73 Å². The molecule has 0 aliphatic carbocycles. The molecule has 0 saturated heterocycles. The number of hydrogen-bond donors (Lipinski definition) is 1. The molecule has 1 amide bonds. The van der Waals surface area contributed by atoms with Crippen LogP contribution < -0.4 is 5.73 Å². The zero-order valence-corrected chi connectivity index (χ0v) is 5.38. The Bertz CT molecular complexity index is 56.9. The second-order valence-corrected chi connectivity index (χ2v) is 0.752. The van der Waals surface area contributed by atoms with Crippen molar-refractivity contribution in [2.75, 3.05) is 6.61 Å². The summed E-state index contributed by atoms with van der Waals surface area (Å²) < 4.78 is 4.18. The van der Waals surface area contributed by atoms with Gasteiger partial charge in [-0.05, 0) is 6.92 Å². The van der Waals surface area contributed by atoms with Crippen LogP contribution in [0.25, 0.3) is 0 Å². The zero-order valence-electron chi connectivity index (χ0n) is 3.90. The Morgan fingerprint density at radius 3 is 2.29 bits per heavy atom. The van der Waals surface area contributed by atoms with E-state index >= 15 is 0 Å². The van der Waals surface area contributed by atoms with Gasteiger partial charge in [0.25, 0.3) is 0 Å². The molecule has 0 saturated carbocycles. The summed E-state index contributed by atoms with van der Waals surface area (Å²) in [6.45, 7) is 2.06. The molecule has 7 heavy (non-hydrogen) atoms. The normalized spacial score (nSPS) is 6.43. The molecule has 3 nitrogen and oxygen atoms in total. The largest absolute Gasteiger partial charge is 0.450 e. The number of hydrogen-bond acceptors (Lipinski definition) is 2. The second-order valence-electron chi connectivity index (χ2n) is 0.752. The van der Waals surface area contributed by atoms with Gasteiger partial charge >= 0.3 is 6.09 Å². The van der Waals surface area contributed by atoms with Gasteiger partial charge in [-0.2, -0.15) is 0 Å². The Labute approximate surface area is 57.7 Å². The van der Waals surface area contributed by atoms with E-state index in [2.05, 4.69) is 10.5 Å². The zero-order chi connectivity index (χ0) is 4.99. The summed E-state index contributed by atoms with van der Waals surface area (Å²) in [7, 11) is 0. The van der Waals surface area contributed by atoms with Crippen molar-refractivity contribution < 1.29 is 31.9 Å². The maximum absolute atomic E-state index is 9.60. The maximum atomic E-state index is 9.60. The Morgan fingerprint density at radius 2 is 2.29 bits per heavy atom. The minimum Gasteiger partial charge on any atom is -0.450 e. The summed E-state index contributed by atoms with van der Waals surface area (Å²) >= 11 is 0. The Morgan fingerprint density at radius 1 is 1.86 bits per heavy atom. The number of amides is 1. The molecule has 0 rings (SSSR count). The first kappa shape index (κ1) is 10.1. The predicted octanol–water partition coefficient (Wildman–Crippen LogP) is 0.0991. The Kier molecular flexibility index (Phi) is 8.66. The summed E-state index contributed by atoms with van der Waals surface area (Å²) in [6.07, 6.45) is -0.711. The number of primary amides is 1. The number of carbonyl (C=O) groups is 1.